The number of rotatable bonds is 5. The van der Waals surface area contributed by atoms with Crippen LogP contribution in [0.25, 0.3) is 0 Å². The molecule has 2 aliphatic rings. The van der Waals surface area contributed by atoms with Gasteiger partial charge in [-0.3, -0.25) is 19.4 Å². The molecule has 8 heteroatoms. The van der Waals surface area contributed by atoms with Crippen LogP contribution in [0.15, 0.2) is 58.9 Å². The van der Waals surface area contributed by atoms with Gasteiger partial charge in [0.25, 0.3) is 11.8 Å². The number of amides is 3. The van der Waals surface area contributed by atoms with Crippen LogP contribution >= 0.6 is 0 Å². The second-order valence-corrected chi connectivity index (χ2v) is 7.86. The Balaban J connectivity index is 1.44. The molecule has 0 aromatic heterocycles. The van der Waals surface area contributed by atoms with Crippen LogP contribution in [0.5, 0.6) is 0 Å². The molecule has 2 aromatic rings. The van der Waals surface area contributed by atoms with Gasteiger partial charge in [-0.1, -0.05) is 48.9 Å². The Bertz CT molecular complexity index is 1010. The number of nitrogens with one attached hydrogen (secondary N) is 1. The molecule has 154 valence electrons. The lowest BCUT2D eigenvalue weighted by Gasteiger charge is -2.20. The molecule has 1 fully saturated rings. The molecule has 2 aromatic carbocycles. The fourth-order valence-electron chi connectivity index (χ4n) is 3.60. The number of hydrogen-bond acceptors (Lipinski definition) is 6. The van der Waals surface area contributed by atoms with Crippen molar-refractivity contribution in [3.63, 3.8) is 0 Å². The average Bonchev–Trinajstić information content (AvgIpc) is 3.23. The van der Waals surface area contributed by atoms with Crippen molar-refractivity contribution in [1.29, 1.82) is 0 Å². The number of benzene rings is 2. The topological polar surface area (TPSA) is 94.4 Å². The molecule has 0 aliphatic carbocycles. The summed E-state index contributed by atoms with van der Waals surface area (Å²) in [6.45, 7) is 5.96. The Morgan fingerprint density at radius 3 is 2.33 bits per heavy atom. The molecule has 2 atom stereocenters. The van der Waals surface area contributed by atoms with Crippen LogP contribution in [0.4, 0.5) is 11.4 Å². The zero-order valence-electron chi connectivity index (χ0n) is 17.1. The molecule has 2 heterocycles. The molecule has 1 N–H and O–H groups in total. The van der Waals surface area contributed by atoms with E-state index >= 15 is 0 Å². The quantitative estimate of drug-likeness (QED) is 0.774. The summed E-state index contributed by atoms with van der Waals surface area (Å²) in [6.07, 6.45) is 0. The number of carbonyl (C=O) groups is 3. The molecule has 0 spiro atoms. The highest BCUT2D eigenvalue weighted by Gasteiger charge is 2.55. The summed E-state index contributed by atoms with van der Waals surface area (Å²) < 4.78 is 0. The maximum Gasteiger partial charge on any atom is 0.263 e. The summed E-state index contributed by atoms with van der Waals surface area (Å²) >= 11 is 0. The van der Waals surface area contributed by atoms with Gasteiger partial charge in [-0.05, 0) is 42.7 Å². The minimum atomic E-state index is -0.920. The summed E-state index contributed by atoms with van der Waals surface area (Å²) in [4.78, 5) is 39.3. The summed E-state index contributed by atoms with van der Waals surface area (Å²) in [5.74, 6) is -0.780. The van der Waals surface area contributed by atoms with E-state index in [1.807, 2.05) is 43.3 Å². The molecule has 8 nitrogen and oxygen atoms in total. The molecular formula is C22H23N5O3. The summed E-state index contributed by atoms with van der Waals surface area (Å²) in [5, 5.41) is 12.0. The summed E-state index contributed by atoms with van der Waals surface area (Å²) in [7, 11) is 0. The molecule has 0 radical (unpaired) electrons. The van der Waals surface area contributed by atoms with Gasteiger partial charge in [-0.15, -0.1) is 0 Å². The van der Waals surface area contributed by atoms with Crippen LogP contribution in [0.3, 0.4) is 0 Å². The van der Waals surface area contributed by atoms with Crippen molar-refractivity contribution in [2.45, 2.75) is 38.8 Å². The van der Waals surface area contributed by atoms with E-state index in [0.29, 0.717) is 17.3 Å². The maximum atomic E-state index is 12.9. The van der Waals surface area contributed by atoms with Crippen LogP contribution in [0.1, 0.15) is 30.9 Å². The van der Waals surface area contributed by atoms with Crippen LogP contribution in [0.2, 0.25) is 0 Å². The normalized spacial score (nSPS) is 20.3. The number of hydrogen-bond donors (Lipinski definition) is 1. The molecule has 4 rings (SSSR count). The van der Waals surface area contributed by atoms with Gasteiger partial charge in [-0.2, -0.15) is 5.11 Å². The van der Waals surface area contributed by atoms with Crippen molar-refractivity contribution >= 4 is 29.1 Å². The van der Waals surface area contributed by atoms with Gasteiger partial charge in [-0.25, -0.2) is 4.90 Å². The van der Waals surface area contributed by atoms with Gasteiger partial charge in [0, 0.05) is 5.69 Å². The Morgan fingerprint density at radius 2 is 1.70 bits per heavy atom. The third-order valence-electron chi connectivity index (χ3n) is 5.32. The maximum absolute atomic E-state index is 12.9. The molecule has 0 bridgehead atoms. The molecular weight excluding hydrogens is 382 g/mol. The fraction of sp³-hybridized carbons (Fsp3) is 0.318. The predicted octanol–water partition coefficient (Wildman–Crippen LogP) is 3.05. The number of carbonyl (C=O) groups excluding carboxylic acids is 3. The van der Waals surface area contributed by atoms with Crippen molar-refractivity contribution in [2.75, 3.05) is 16.8 Å². The largest absolute Gasteiger partial charge is 0.324 e. The average molecular weight is 405 g/mol. The molecule has 0 saturated carbocycles. The highest BCUT2D eigenvalue weighted by atomic mass is 16.2. The van der Waals surface area contributed by atoms with Gasteiger partial charge in [0.05, 0.1) is 5.69 Å². The van der Waals surface area contributed by atoms with Crippen LogP contribution < -0.4 is 10.2 Å². The van der Waals surface area contributed by atoms with Crippen molar-refractivity contribution in [3.05, 3.63) is 59.7 Å². The lowest BCUT2D eigenvalue weighted by atomic mass is 10.0. The highest BCUT2D eigenvalue weighted by Crippen LogP contribution is 2.31. The minimum absolute atomic E-state index is 0.169. The van der Waals surface area contributed by atoms with Crippen LogP contribution in [-0.4, -0.2) is 41.4 Å². The second kappa shape index (κ2) is 7.70. The van der Waals surface area contributed by atoms with Gasteiger partial charge in [0.1, 0.15) is 6.54 Å². The van der Waals surface area contributed by atoms with Crippen LogP contribution in [-0.2, 0) is 14.4 Å². The van der Waals surface area contributed by atoms with Gasteiger partial charge in [0.15, 0.2) is 12.1 Å². The van der Waals surface area contributed by atoms with E-state index in [1.54, 1.807) is 12.1 Å². The third-order valence-corrected chi connectivity index (χ3v) is 5.32. The Labute approximate surface area is 174 Å². The molecule has 2 unspecified atom stereocenters. The first kappa shape index (κ1) is 19.8. The molecule has 2 aliphatic heterocycles. The standard InChI is InChI=1S/C22H23N5O3/c1-13(2)15-6-8-16(9-7-15)23-18(28)12-26-20-19(24-25-26)21(29)27(22(20)30)17-10-4-14(3)5-11-17/h4-11,13,19-20H,12H2,1-3H3,(H,23,28). The number of imide groups is 1. The van der Waals surface area contributed by atoms with Gasteiger partial charge >= 0.3 is 0 Å². The lowest BCUT2D eigenvalue weighted by Crippen LogP contribution is -2.43. The Hall–Kier alpha value is -3.55. The van der Waals surface area contributed by atoms with Crippen molar-refractivity contribution in [3.8, 4) is 0 Å². The Morgan fingerprint density at radius 1 is 1.03 bits per heavy atom. The number of anilines is 2. The Kier molecular flexibility index (Phi) is 5.07. The molecule has 30 heavy (non-hydrogen) atoms. The summed E-state index contributed by atoms with van der Waals surface area (Å²) in [6, 6.07) is 12.9. The van der Waals surface area contributed by atoms with E-state index in [1.165, 1.54) is 10.6 Å². The van der Waals surface area contributed by atoms with Gasteiger partial charge in [0.2, 0.25) is 5.91 Å². The fourth-order valence-corrected chi connectivity index (χ4v) is 3.60. The minimum Gasteiger partial charge on any atom is -0.324 e. The van der Waals surface area contributed by atoms with Crippen molar-refractivity contribution in [1.82, 2.24) is 5.01 Å². The highest BCUT2D eigenvalue weighted by molar-refractivity contribution is 6.25. The second-order valence-electron chi connectivity index (χ2n) is 7.86. The number of fused-ring (bicyclic) bond motifs is 1. The first-order valence-corrected chi connectivity index (χ1v) is 9.87. The lowest BCUT2D eigenvalue weighted by molar-refractivity contribution is -0.123. The predicted molar refractivity (Wildman–Crippen MR) is 112 cm³/mol. The first-order chi connectivity index (χ1) is 14.3. The van der Waals surface area contributed by atoms with E-state index in [2.05, 4.69) is 29.5 Å². The van der Waals surface area contributed by atoms with E-state index in [0.717, 1.165) is 10.5 Å². The zero-order chi connectivity index (χ0) is 21.4. The monoisotopic (exact) mass is 405 g/mol. The van der Waals surface area contributed by atoms with Gasteiger partial charge < -0.3 is 5.32 Å². The van der Waals surface area contributed by atoms with E-state index in [-0.39, 0.29) is 12.5 Å². The number of aryl methyl sites for hydroxylation is 1. The molecule has 1 saturated heterocycles. The van der Waals surface area contributed by atoms with E-state index < -0.39 is 23.9 Å². The van der Waals surface area contributed by atoms with E-state index in [9.17, 15) is 14.4 Å². The summed E-state index contributed by atoms with van der Waals surface area (Å²) in [5.41, 5.74) is 3.36. The van der Waals surface area contributed by atoms with Crippen molar-refractivity contribution in [2.24, 2.45) is 10.3 Å². The SMILES string of the molecule is Cc1ccc(N2C(=O)C3N=NN(CC(=O)Nc4ccc(C(C)C)cc4)C3C2=O)cc1. The third kappa shape index (κ3) is 3.56. The zero-order valence-corrected chi connectivity index (χ0v) is 17.1. The van der Waals surface area contributed by atoms with E-state index in [4.69, 9.17) is 0 Å². The smallest absolute Gasteiger partial charge is 0.263 e. The van der Waals surface area contributed by atoms with Crippen LogP contribution in [0, 0.1) is 6.92 Å². The molecule has 3 amide bonds. The number of nitrogens with zero attached hydrogens (tertiary/aromatic N) is 4. The van der Waals surface area contributed by atoms with Crippen molar-refractivity contribution < 1.29 is 14.4 Å². The first-order valence-electron chi connectivity index (χ1n) is 9.87.